The smallest absolute Gasteiger partial charge is 0.193 e. The lowest BCUT2D eigenvalue weighted by Gasteiger charge is -2.34. The summed E-state index contributed by atoms with van der Waals surface area (Å²) in [6.07, 6.45) is 1.05. The van der Waals surface area contributed by atoms with Crippen LogP contribution in [0.4, 0.5) is 15.8 Å². The van der Waals surface area contributed by atoms with Crippen LogP contribution in [0.25, 0.3) is 0 Å². The summed E-state index contributed by atoms with van der Waals surface area (Å²) < 4.78 is 20.7. The number of ether oxygens (including phenoxy) is 1. The fraction of sp³-hybridized carbons (Fsp3) is 0.176. The van der Waals surface area contributed by atoms with Crippen molar-refractivity contribution in [2.45, 2.75) is 32.7 Å². The molecule has 1 aliphatic heterocycles. The van der Waals surface area contributed by atoms with E-state index in [0.717, 1.165) is 11.4 Å². The van der Waals surface area contributed by atoms with Crippen LogP contribution in [0, 0.1) is 11.2 Å². The third kappa shape index (κ3) is 5.00. The van der Waals surface area contributed by atoms with Gasteiger partial charge in [0, 0.05) is 28.8 Å². The molecule has 0 spiro atoms. The monoisotopic (exact) mass is 532 g/mol. The van der Waals surface area contributed by atoms with Gasteiger partial charge in [-0.1, -0.05) is 68.4 Å². The highest BCUT2D eigenvalue weighted by molar-refractivity contribution is 6.10. The zero-order chi connectivity index (χ0) is 27.9. The molecular formula is C34H29FN2O3. The highest BCUT2D eigenvalue weighted by Gasteiger charge is 2.39. The Balaban J connectivity index is 1.43. The Morgan fingerprint density at radius 1 is 0.850 bits per heavy atom. The molecule has 2 aliphatic rings. The van der Waals surface area contributed by atoms with E-state index in [9.17, 15) is 14.0 Å². The second-order valence-corrected chi connectivity index (χ2v) is 11.1. The molecule has 0 saturated heterocycles. The van der Waals surface area contributed by atoms with Crippen LogP contribution < -0.4 is 15.4 Å². The number of ketones is 2. The lowest BCUT2D eigenvalue weighted by molar-refractivity contribution is -0.118. The number of nitrogens with one attached hydrogen (secondary N) is 2. The van der Waals surface area contributed by atoms with Gasteiger partial charge in [0.05, 0.1) is 17.4 Å². The predicted octanol–water partition coefficient (Wildman–Crippen LogP) is 8.07. The molecule has 5 nitrogen and oxygen atoms in total. The number of carbonyl (C=O) groups excluding carboxylic acids is 2. The molecule has 0 saturated carbocycles. The van der Waals surface area contributed by atoms with E-state index in [1.165, 1.54) is 6.07 Å². The number of allylic oxidation sites excluding steroid dienone is 1. The number of Topliss-reactive ketones (excluding diaryl/α,β-unsaturated/α-hetero) is 1. The van der Waals surface area contributed by atoms with Crippen LogP contribution in [-0.4, -0.2) is 11.6 Å². The van der Waals surface area contributed by atoms with E-state index in [1.54, 1.807) is 42.5 Å². The van der Waals surface area contributed by atoms with Crippen molar-refractivity contribution in [2.24, 2.45) is 5.41 Å². The summed E-state index contributed by atoms with van der Waals surface area (Å²) in [7, 11) is 0. The van der Waals surface area contributed by atoms with Gasteiger partial charge in [0.25, 0.3) is 0 Å². The Bertz CT molecular complexity index is 1640. The Hall–Kier alpha value is -4.71. The summed E-state index contributed by atoms with van der Waals surface area (Å²) in [5.74, 6) is 0.0537. The molecule has 0 bridgehead atoms. The molecule has 0 aromatic heterocycles. The SMILES string of the molecule is CC1(C)CC(=O)C2=C(C1)Nc1cc(C(=O)c3ccccc3)ccc1N[C@@H]2c1ccc(F)c(Oc2ccccc2)c1. The van der Waals surface area contributed by atoms with Crippen LogP contribution in [-0.2, 0) is 4.79 Å². The first kappa shape index (κ1) is 25.6. The Morgan fingerprint density at radius 2 is 1.57 bits per heavy atom. The number of hydrogen-bond donors (Lipinski definition) is 2. The molecular weight excluding hydrogens is 503 g/mol. The summed E-state index contributed by atoms with van der Waals surface area (Å²) >= 11 is 0. The second-order valence-electron chi connectivity index (χ2n) is 11.1. The number of para-hydroxylation sites is 1. The number of benzene rings is 4. The highest BCUT2D eigenvalue weighted by Crippen LogP contribution is 2.46. The third-order valence-electron chi connectivity index (χ3n) is 7.37. The summed E-state index contributed by atoms with van der Waals surface area (Å²) in [6.45, 7) is 4.15. The van der Waals surface area contributed by atoms with E-state index in [0.29, 0.717) is 46.5 Å². The van der Waals surface area contributed by atoms with E-state index in [1.807, 2.05) is 48.5 Å². The molecule has 0 radical (unpaired) electrons. The van der Waals surface area contributed by atoms with Gasteiger partial charge >= 0.3 is 0 Å². The van der Waals surface area contributed by atoms with Gasteiger partial charge < -0.3 is 15.4 Å². The molecule has 0 unspecified atom stereocenters. The second kappa shape index (κ2) is 10.1. The lowest BCUT2D eigenvalue weighted by atomic mass is 9.73. The van der Waals surface area contributed by atoms with Gasteiger partial charge in [-0.3, -0.25) is 9.59 Å². The summed E-state index contributed by atoms with van der Waals surface area (Å²) in [6, 6.07) is 27.8. The normalized spacial score (nSPS) is 17.6. The van der Waals surface area contributed by atoms with Crippen molar-refractivity contribution in [2.75, 3.05) is 10.6 Å². The van der Waals surface area contributed by atoms with E-state index in [-0.39, 0.29) is 22.7 Å². The number of fused-ring (bicyclic) bond motifs is 1. The van der Waals surface area contributed by atoms with Crippen molar-refractivity contribution in [3.8, 4) is 11.5 Å². The van der Waals surface area contributed by atoms with E-state index >= 15 is 0 Å². The largest absolute Gasteiger partial charge is 0.454 e. The summed E-state index contributed by atoms with van der Waals surface area (Å²) in [5, 5.41) is 7.02. The van der Waals surface area contributed by atoms with Gasteiger partial charge in [0.15, 0.2) is 23.1 Å². The van der Waals surface area contributed by atoms with Gasteiger partial charge in [-0.25, -0.2) is 4.39 Å². The topological polar surface area (TPSA) is 67.4 Å². The Morgan fingerprint density at radius 3 is 2.33 bits per heavy atom. The van der Waals surface area contributed by atoms with Crippen molar-refractivity contribution in [3.63, 3.8) is 0 Å². The van der Waals surface area contributed by atoms with Gasteiger partial charge in [0.2, 0.25) is 0 Å². The first-order valence-electron chi connectivity index (χ1n) is 13.3. The predicted molar refractivity (Wildman–Crippen MR) is 154 cm³/mol. The third-order valence-corrected chi connectivity index (χ3v) is 7.37. The van der Waals surface area contributed by atoms with Crippen LogP contribution in [0.3, 0.4) is 0 Å². The van der Waals surface area contributed by atoms with Crippen molar-refractivity contribution < 1.29 is 18.7 Å². The van der Waals surface area contributed by atoms with Crippen LogP contribution in [0.15, 0.2) is 108 Å². The highest BCUT2D eigenvalue weighted by atomic mass is 19.1. The van der Waals surface area contributed by atoms with Gasteiger partial charge in [-0.05, 0) is 59.9 Å². The minimum absolute atomic E-state index is 0.0273. The average molecular weight is 533 g/mol. The lowest BCUT2D eigenvalue weighted by Crippen LogP contribution is -2.31. The minimum Gasteiger partial charge on any atom is -0.454 e. The number of carbonyl (C=O) groups is 2. The average Bonchev–Trinajstić information content (AvgIpc) is 3.10. The number of halogens is 1. The summed E-state index contributed by atoms with van der Waals surface area (Å²) in [4.78, 5) is 26.8. The maximum atomic E-state index is 14.8. The zero-order valence-corrected chi connectivity index (χ0v) is 22.3. The first-order valence-corrected chi connectivity index (χ1v) is 13.3. The number of rotatable bonds is 5. The van der Waals surface area contributed by atoms with Crippen LogP contribution >= 0.6 is 0 Å². The van der Waals surface area contributed by atoms with E-state index in [2.05, 4.69) is 24.5 Å². The fourth-order valence-electron chi connectivity index (χ4n) is 5.49. The molecule has 40 heavy (non-hydrogen) atoms. The Kier molecular flexibility index (Phi) is 6.46. The molecule has 200 valence electrons. The fourth-order valence-corrected chi connectivity index (χ4v) is 5.49. The number of anilines is 2. The maximum Gasteiger partial charge on any atom is 0.193 e. The molecule has 0 amide bonds. The number of hydrogen-bond acceptors (Lipinski definition) is 5. The molecule has 6 heteroatoms. The van der Waals surface area contributed by atoms with E-state index < -0.39 is 11.9 Å². The molecule has 6 rings (SSSR count). The van der Waals surface area contributed by atoms with Gasteiger partial charge in [0.1, 0.15) is 5.75 Å². The summed E-state index contributed by atoms with van der Waals surface area (Å²) in [5.41, 5.74) is 4.48. The van der Waals surface area contributed by atoms with Crippen molar-refractivity contribution >= 4 is 22.9 Å². The van der Waals surface area contributed by atoms with Crippen molar-refractivity contribution in [1.29, 1.82) is 0 Å². The first-order chi connectivity index (χ1) is 19.3. The molecule has 1 aliphatic carbocycles. The molecule has 2 N–H and O–H groups in total. The molecule has 4 aromatic rings. The van der Waals surface area contributed by atoms with Crippen molar-refractivity contribution in [3.05, 3.63) is 131 Å². The molecule has 4 aromatic carbocycles. The Labute approximate surface area is 232 Å². The van der Waals surface area contributed by atoms with Crippen LogP contribution in [0.2, 0.25) is 0 Å². The molecule has 1 heterocycles. The van der Waals surface area contributed by atoms with Crippen LogP contribution in [0.1, 0.15) is 54.2 Å². The van der Waals surface area contributed by atoms with Gasteiger partial charge in [-0.15, -0.1) is 0 Å². The molecule has 0 fully saturated rings. The van der Waals surface area contributed by atoms with Crippen molar-refractivity contribution in [1.82, 2.24) is 0 Å². The van der Waals surface area contributed by atoms with Gasteiger partial charge in [-0.2, -0.15) is 0 Å². The maximum absolute atomic E-state index is 14.8. The standard InChI is InChI=1S/C34H29FN2O3/c1-34(2)19-28-31(29(38)20-34)32(22-13-15-25(35)30(18-22)40-24-11-7-4-8-12-24)37-26-16-14-23(17-27(26)36-28)33(39)21-9-5-3-6-10-21/h3-18,32,36-37H,19-20H2,1-2H3/t32-/m1/s1. The van der Waals surface area contributed by atoms with E-state index in [4.69, 9.17) is 4.74 Å². The van der Waals surface area contributed by atoms with Crippen LogP contribution in [0.5, 0.6) is 11.5 Å². The zero-order valence-electron chi connectivity index (χ0n) is 22.3. The minimum atomic E-state index is -0.540. The molecule has 1 atom stereocenters. The quantitative estimate of drug-likeness (QED) is 0.254.